The first-order valence-corrected chi connectivity index (χ1v) is 12.7. The van der Waals surface area contributed by atoms with Gasteiger partial charge in [-0.05, 0) is 44.5 Å². The van der Waals surface area contributed by atoms with E-state index in [2.05, 4.69) is 22.5 Å². The lowest BCUT2D eigenvalue weighted by Gasteiger charge is -2.37. The summed E-state index contributed by atoms with van der Waals surface area (Å²) in [4.78, 5) is 38.6. The molecule has 1 aromatic carbocycles. The highest BCUT2D eigenvalue weighted by Crippen LogP contribution is 2.31. The van der Waals surface area contributed by atoms with E-state index < -0.39 is 0 Å². The van der Waals surface area contributed by atoms with E-state index in [1.165, 1.54) is 0 Å². The largest absolute Gasteiger partial charge is 0.382 e. The van der Waals surface area contributed by atoms with E-state index in [1.54, 1.807) is 12.0 Å². The van der Waals surface area contributed by atoms with Crippen LogP contribution in [0.5, 0.6) is 0 Å². The zero-order valence-electron chi connectivity index (χ0n) is 21.8. The smallest absolute Gasteiger partial charge is 0.319 e. The van der Waals surface area contributed by atoms with Gasteiger partial charge >= 0.3 is 6.03 Å². The molecule has 2 N–H and O–H groups in total. The molecule has 0 unspecified atom stereocenters. The Morgan fingerprint density at radius 1 is 1.16 bits per heavy atom. The second-order valence-electron chi connectivity index (χ2n) is 9.09. The summed E-state index contributed by atoms with van der Waals surface area (Å²) in [6, 6.07) is 7.38. The van der Waals surface area contributed by atoms with Crippen molar-refractivity contribution in [1.82, 2.24) is 20.2 Å². The van der Waals surface area contributed by atoms with Crippen molar-refractivity contribution in [1.29, 1.82) is 0 Å². The van der Waals surface area contributed by atoms with Gasteiger partial charge in [0, 0.05) is 43.6 Å². The summed E-state index contributed by atoms with van der Waals surface area (Å²) in [7, 11) is 1.60. The molecule has 1 fully saturated rings. The highest BCUT2D eigenvalue weighted by atomic mass is 16.5. The molecule has 11 nitrogen and oxygen atoms in total. The fourth-order valence-electron chi connectivity index (χ4n) is 4.46. The first-order valence-electron chi connectivity index (χ1n) is 12.7. The molecule has 0 radical (unpaired) electrons. The Hall–Kier alpha value is -3.28. The van der Waals surface area contributed by atoms with Gasteiger partial charge in [-0.1, -0.05) is 0 Å². The molecule has 1 saturated heterocycles. The van der Waals surface area contributed by atoms with E-state index in [9.17, 15) is 9.59 Å². The fourth-order valence-corrected chi connectivity index (χ4v) is 4.46. The lowest BCUT2D eigenvalue weighted by molar-refractivity contribution is -0.137. The van der Waals surface area contributed by atoms with E-state index in [0.717, 1.165) is 29.2 Å². The summed E-state index contributed by atoms with van der Waals surface area (Å²) in [5, 5.41) is 5.52. The van der Waals surface area contributed by atoms with Gasteiger partial charge < -0.3 is 34.6 Å². The quantitative estimate of drug-likeness (QED) is 0.490. The van der Waals surface area contributed by atoms with Crippen molar-refractivity contribution in [3.05, 3.63) is 35.5 Å². The Morgan fingerprint density at radius 2 is 1.97 bits per heavy atom. The number of amides is 3. The number of hydrogen-bond acceptors (Lipinski definition) is 8. The highest BCUT2D eigenvalue weighted by Gasteiger charge is 2.30. The van der Waals surface area contributed by atoms with Crippen LogP contribution in [-0.2, 0) is 32.0 Å². The average Bonchev–Trinajstić information content (AvgIpc) is 2.91. The standard InChI is InChI=1S/C26H36N6O5/c1-4-27-26(34)28-20-7-5-19(6-8-20)24-29-22-15-31(23(33)17-37-14-13-35-3)10-9-21(22)25(30-24)32-11-12-36-16-18(32)2/h5-8,18H,4,9-17H2,1-3H3,(H2,27,28,34)/t18-/m0/s1. The molecule has 3 heterocycles. The lowest BCUT2D eigenvalue weighted by Crippen LogP contribution is -2.46. The SMILES string of the molecule is CCNC(=O)Nc1ccc(-c2nc3c(c(N4CCOC[C@@H]4C)n2)CCN(C(=O)COCCOC)C3)cc1. The van der Waals surface area contributed by atoms with Gasteiger partial charge in [-0.3, -0.25) is 4.79 Å². The van der Waals surface area contributed by atoms with Gasteiger partial charge in [0.1, 0.15) is 12.4 Å². The van der Waals surface area contributed by atoms with E-state index in [1.807, 2.05) is 31.2 Å². The first-order chi connectivity index (χ1) is 18.0. The molecule has 0 saturated carbocycles. The van der Waals surface area contributed by atoms with Gasteiger partial charge in [0.05, 0.1) is 44.7 Å². The number of ether oxygens (including phenoxy) is 3. The molecule has 1 atom stereocenters. The molecule has 200 valence electrons. The average molecular weight is 513 g/mol. The van der Waals surface area contributed by atoms with Crippen molar-refractivity contribution in [3.63, 3.8) is 0 Å². The summed E-state index contributed by atoms with van der Waals surface area (Å²) >= 11 is 0. The van der Waals surface area contributed by atoms with Gasteiger partial charge in [-0.25, -0.2) is 14.8 Å². The van der Waals surface area contributed by atoms with E-state index in [4.69, 9.17) is 24.2 Å². The molecule has 3 amide bonds. The molecule has 4 rings (SSSR count). The minimum atomic E-state index is -0.250. The minimum absolute atomic E-state index is 0.0179. The van der Waals surface area contributed by atoms with Crippen molar-refractivity contribution >= 4 is 23.4 Å². The Bertz CT molecular complexity index is 1080. The van der Waals surface area contributed by atoms with Gasteiger partial charge in [0.15, 0.2) is 5.82 Å². The van der Waals surface area contributed by atoms with E-state index in [-0.39, 0.29) is 24.6 Å². The molecule has 2 aliphatic heterocycles. The Balaban J connectivity index is 1.60. The number of rotatable bonds is 9. The number of methoxy groups -OCH3 is 1. The molecule has 0 spiro atoms. The third kappa shape index (κ3) is 6.73. The number of morpholine rings is 1. The number of benzene rings is 1. The maximum Gasteiger partial charge on any atom is 0.319 e. The molecule has 37 heavy (non-hydrogen) atoms. The van der Waals surface area contributed by atoms with E-state index in [0.29, 0.717) is 64.0 Å². The number of carbonyl (C=O) groups excluding carboxylic acids is 2. The summed E-state index contributed by atoms with van der Waals surface area (Å²) < 4.78 is 16.1. The third-order valence-corrected chi connectivity index (χ3v) is 6.43. The zero-order chi connectivity index (χ0) is 26.2. The van der Waals surface area contributed by atoms with Crippen LogP contribution in [0.3, 0.4) is 0 Å². The molecule has 11 heteroatoms. The van der Waals surface area contributed by atoms with Crippen molar-refractivity contribution < 1.29 is 23.8 Å². The maximum absolute atomic E-state index is 12.8. The molecule has 1 aromatic heterocycles. The Morgan fingerprint density at radius 3 is 2.70 bits per heavy atom. The van der Waals surface area contributed by atoms with Crippen LogP contribution in [0.4, 0.5) is 16.3 Å². The second-order valence-corrected chi connectivity index (χ2v) is 9.09. The predicted molar refractivity (Wildman–Crippen MR) is 140 cm³/mol. The number of carbonyl (C=O) groups is 2. The fraction of sp³-hybridized carbons (Fsp3) is 0.538. The maximum atomic E-state index is 12.8. The summed E-state index contributed by atoms with van der Waals surface area (Å²) in [6.07, 6.45) is 0.675. The summed E-state index contributed by atoms with van der Waals surface area (Å²) in [5.74, 6) is 1.43. The monoisotopic (exact) mass is 512 g/mol. The number of fused-ring (bicyclic) bond motifs is 1. The number of nitrogens with zero attached hydrogens (tertiary/aromatic N) is 4. The van der Waals surface area contributed by atoms with Crippen LogP contribution in [0.1, 0.15) is 25.1 Å². The summed E-state index contributed by atoms with van der Waals surface area (Å²) in [6.45, 7) is 8.41. The van der Waals surface area contributed by atoms with Gasteiger partial charge in [0.2, 0.25) is 5.91 Å². The van der Waals surface area contributed by atoms with E-state index >= 15 is 0 Å². The van der Waals surface area contributed by atoms with Crippen LogP contribution < -0.4 is 15.5 Å². The lowest BCUT2D eigenvalue weighted by atomic mass is 10.0. The normalized spacial score (nSPS) is 17.3. The first kappa shape index (κ1) is 26.8. The van der Waals surface area contributed by atoms with Gasteiger partial charge in [-0.2, -0.15) is 0 Å². The van der Waals surface area contributed by atoms with Gasteiger partial charge in [0.25, 0.3) is 0 Å². The van der Waals surface area contributed by atoms with Crippen LogP contribution in [0, 0.1) is 0 Å². The molecular weight excluding hydrogens is 476 g/mol. The number of hydrogen-bond donors (Lipinski definition) is 2. The third-order valence-electron chi connectivity index (χ3n) is 6.43. The van der Waals surface area contributed by atoms with Crippen molar-refractivity contribution in [2.75, 3.05) is 70.0 Å². The number of anilines is 2. The van der Waals surface area contributed by atoms with Crippen molar-refractivity contribution in [2.45, 2.75) is 32.9 Å². The summed E-state index contributed by atoms with van der Waals surface area (Å²) in [5.41, 5.74) is 3.44. The van der Waals surface area contributed by atoms with Crippen LogP contribution in [0.15, 0.2) is 24.3 Å². The number of nitrogens with one attached hydrogen (secondary N) is 2. The van der Waals surface area contributed by atoms with Crippen LogP contribution in [0.2, 0.25) is 0 Å². The predicted octanol–water partition coefficient (Wildman–Crippen LogP) is 2.06. The Labute approximate surface area is 217 Å². The van der Waals surface area contributed by atoms with Crippen molar-refractivity contribution in [2.24, 2.45) is 0 Å². The Kier molecular flexibility index (Phi) is 9.26. The molecule has 0 bridgehead atoms. The van der Waals surface area contributed by atoms with Crippen LogP contribution >= 0.6 is 0 Å². The van der Waals surface area contributed by atoms with Crippen molar-refractivity contribution in [3.8, 4) is 11.4 Å². The highest BCUT2D eigenvalue weighted by molar-refractivity contribution is 5.89. The topological polar surface area (TPSA) is 118 Å². The number of urea groups is 1. The zero-order valence-corrected chi connectivity index (χ0v) is 21.8. The number of aromatic nitrogens is 2. The minimum Gasteiger partial charge on any atom is -0.382 e. The second kappa shape index (κ2) is 12.8. The van der Waals surface area contributed by atoms with Crippen LogP contribution in [0.25, 0.3) is 11.4 Å². The molecule has 2 aliphatic rings. The molecule has 2 aromatic rings. The molecule has 0 aliphatic carbocycles. The van der Waals surface area contributed by atoms with Gasteiger partial charge in [-0.15, -0.1) is 0 Å². The van der Waals surface area contributed by atoms with Crippen LogP contribution in [-0.4, -0.2) is 92.6 Å². The molecular formula is C26H36N6O5.